The van der Waals surface area contributed by atoms with Crippen molar-refractivity contribution in [1.82, 2.24) is 4.90 Å². The summed E-state index contributed by atoms with van der Waals surface area (Å²) in [4.78, 5) is 26.3. The highest BCUT2D eigenvalue weighted by Gasteiger charge is 2.22. The van der Waals surface area contributed by atoms with Gasteiger partial charge in [-0.3, -0.25) is 9.59 Å². The Morgan fingerprint density at radius 1 is 1.17 bits per heavy atom. The first-order chi connectivity index (χ1) is 11.4. The summed E-state index contributed by atoms with van der Waals surface area (Å²) in [5.41, 5.74) is 3.06. The number of carbonyl (C=O) groups is 2. The SMILES string of the molecule is CC/C(C)=C(/C)C(=O)Nc1ccc(C(=O)N2CCC(O)CC2)cc1. The van der Waals surface area contributed by atoms with Gasteiger partial charge in [0.2, 0.25) is 0 Å². The third-order valence-corrected chi connectivity index (χ3v) is 4.65. The van der Waals surface area contributed by atoms with Crippen LogP contribution >= 0.6 is 0 Å². The van der Waals surface area contributed by atoms with Gasteiger partial charge in [-0.1, -0.05) is 12.5 Å². The molecule has 2 N–H and O–H groups in total. The Hall–Kier alpha value is -2.14. The average molecular weight is 330 g/mol. The van der Waals surface area contributed by atoms with Gasteiger partial charge in [-0.25, -0.2) is 0 Å². The molecule has 1 heterocycles. The third kappa shape index (κ3) is 4.45. The van der Waals surface area contributed by atoms with Crippen molar-refractivity contribution in [2.45, 2.75) is 46.1 Å². The van der Waals surface area contributed by atoms with Crippen LogP contribution in [0.4, 0.5) is 5.69 Å². The second kappa shape index (κ2) is 8.11. The zero-order valence-corrected chi connectivity index (χ0v) is 14.6. The van der Waals surface area contributed by atoms with E-state index in [9.17, 15) is 14.7 Å². The molecule has 1 aromatic carbocycles. The Balaban J connectivity index is 2.00. The highest BCUT2D eigenvalue weighted by molar-refractivity contribution is 6.04. The number of hydrogen-bond acceptors (Lipinski definition) is 3. The number of amides is 2. The molecule has 5 heteroatoms. The van der Waals surface area contributed by atoms with Crippen LogP contribution in [0.25, 0.3) is 0 Å². The summed E-state index contributed by atoms with van der Waals surface area (Å²) in [6.07, 6.45) is 1.80. The Morgan fingerprint density at radius 2 is 1.75 bits per heavy atom. The number of aliphatic hydroxyl groups excluding tert-OH is 1. The highest BCUT2D eigenvalue weighted by atomic mass is 16.3. The molecule has 0 aliphatic carbocycles. The van der Waals surface area contributed by atoms with Gasteiger partial charge >= 0.3 is 0 Å². The zero-order valence-electron chi connectivity index (χ0n) is 14.6. The zero-order chi connectivity index (χ0) is 17.7. The van der Waals surface area contributed by atoms with Crippen LogP contribution in [0.15, 0.2) is 35.4 Å². The third-order valence-electron chi connectivity index (χ3n) is 4.65. The smallest absolute Gasteiger partial charge is 0.253 e. The molecule has 2 rings (SSSR count). The number of nitrogens with zero attached hydrogens (tertiary/aromatic N) is 1. The lowest BCUT2D eigenvalue weighted by Crippen LogP contribution is -2.40. The molecule has 130 valence electrons. The molecule has 1 aliphatic heterocycles. The first-order valence-electron chi connectivity index (χ1n) is 8.47. The molecule has 0 aromatic heterocycles. The number of benzene rings is 1. The fraction of sp³-hybridized carbons (Fsp3) is 0.474. The number of aliphatic hydroxyl groups is 1. The van der Waals surface area contributed by atoms with Crippen LogP contribution in [-0.2, 0) is 4.79 Å². The maximum Gasteiger partial charge on any atom is 0.253 e. The van der Waals surface area contributed by atoms with Gasteiger partial charge in [0.1, 0.15) is 0 Å². The van der Waals surface area contributed by atoms with E-state index >= 15 is 0 Å². The van der Waals surface area contributed by atoms with Crippen LogP contribution < -0.4 is 5.32 Å². The maximum absolute atomic E-state index is 12.4. The second-order valence-corrected chi connectivity index (χ2v) is 6.31. The lowest BCUT2D eigenvalue weighted by Gasteiger charge is -2.29. The first kappa shape index (κ1) is 18.2. The molecule has 5 nitrogen and oxygen atoms in total. The first-order valence-corrected chi connectivity index (χ1v) is 8.47. The quantitative estimate of drug-likeness (QED) is 0.834. The topological polar surface area (TPSA) is 69.6 Å². The van der Waals surface area contributed by atoms with E-state index in [0.717, 1.165) is 17.6 Å². The van der Waals surface area contributed by atoms with Crippen molar-refractivity contribution in [1.29, 1.82) is 0 Å². The molecule has 1 fully saturated rings. The van der Waals surface area contributed by atoms with Gasteiger partial charge in [0, 0.05) is 29.9 Å². The number of nitrogens with one attached hydrogen (secondary N) is 1. The van der Waals surface area contributed by atoms with E-state index in [1.165, 1.54) is 0 Å². The van der Waals surface area contributed by atoms with E-state index in [4.69, 9.17) is 0 Å². The molecule has 0 spiro atoms. The van der Waals surface area contributed by atoms with Gasteiger partial charge in [0.15, 0.2) is 0 Å². The minimum absolute atomic E-state index is 0.0299. The van der Waals surface area contributed by atoms with Gasteiger partial charge in [-0.05, 0) is 57.4 Å². The largest absolute Gasteiger partial charge is 0.393 e. The summed E-state index contributed by atoms with van der Waals surface area (Å²) in [6, 6.07) is 6.96. The standard InChI is InChI=1S/C19H26N2O3/c1-4-13(2)14(3)18(23)20-16-7-5-15(6-8-16)19(24)21-11-9-17(22)10-12-21/h5-8,17,22H,4,9-12H2,1-3H3,(H,20,23)/b14-13-. The molecule has 1 aromatic rings. The summed E-state index contributed by atoms with van der Waals surface area (Å²) in [6.45, 7) is 6.95. The highest BCUT2D eigenvalue weighted by Crippen LogP contribution is 2.17. The van der Waals surface area contributed by atoms with E-state index in [2.05, 4.69) is 5.32 Å². The van der Waals surface area contributed by atoms with E-state index in [0.29, 0.717) is 37.2 Å². The van der Waals surface area contributed by atoms with Gasteiger partial charge in [-0.15, -0.1) is 0 Å². The van der Waals surface area contributed by atoms with Crippen LogP contribution in [0.2, 0.25) is 0 Å². The molecule has 1 saturated heterocycles. The van der Waals surface area contributed by atoms with Crippen LogP contribution in [0, 0.1) is 0 Å². The molecule has 0 saturated carbocycles. The van der Waals surface area contributed by atoms with Crippen molar-refractivity contribution in [2.75, 3.05) is 18.4 Å². The van der Waals surface area contributed by atoms with Crippen LogP contribution in [0.1, 0.15) is 50.4 Å². The Kier molecular flexibility index (Phi) is 6.15. The molecule has 24 heavy (non-hydrogen) atoms. The Morgan fingerprint density at radius 3 is 2.29 bits per heavy atom. The van der Waals surface area contributed by atoms with Crippen LogP contribution in [0.5, 0.6) is 0 Å². The summed E-state index contributed by atoms with van der Waals surface area (Å²) in [5.74, 6) is -0.142. The average Bonchev–Trinajstić information content (AvgIpc) is 2.61. The minimum atomic E-state index is -0.297. The second-order valence-electron chi connectivity index (χ2n) is 6.31. The predicted octanol–water partition coefficient (Wildman–Crippen LogP) is 2.97. The van der Waals surface area contributed by atoms with Gasteiger partial charge in [0.05, 0.1) is 6.10 Å². The number of allylic oxidation sites excluding steroid dienone is 1. The van der Waals surface area contributed by atoms with Crippen molar-refractivity contribution in [3.63, 3.8) is 0 Å². The number of anilines is 1. The number of hydrogen-bond donors (Lipinski definition) is 2. The van der Waals surface area contributed by atoms with Crippen LogP contribution in [-0.4, -0.2) is 41.0 Å². The number of likely N-dealkylation sites (tertiary alicyclic amines) is 1. The molecular formula is C19H26N2O3. The lowest BCUT2D eigenvalue weighted by atomic mass is 10.1. The van der Waals surface area contributed by atoms with Crippen LogP contribution in [0.3, 0.4) is 0 Å². The normalized spacial score (nSPS) is 16.6. The summed E-state index contributed by atoms with van der Waals surface area (Å²) < 4.78 is 0. The minimum Gasteiger partial charge on any atom is -0.393 e. The summed E-state index contributed by atoms with van der Waals surface area (Å²) >= 11 is 0. The monoisotopic (exact) mass is 330 g/mol. The van der Waals surface area contributed by atoms with E-state index in [1.54, 1.807) is 29.2 Å². The van der Waals surface area contributed by atoms with E-state index in [1.807, 2.05) is 20.8 Å². The van der Waals surface area contributed by atoms with Gasteiger partial charge in [0.25, 0.3) is 11.8 Å². The van der Waals surface area contributed by atoms with E-state index in [-0.39, 0.29) is 17.9 Å². The fourth-order valence-corrected chi connectivity index (χ4v) is 2.63. The molecule has 0 bridgehead atoms. The molecule has 0 radical (unpaired) electrons. The fourth-order valence-electron chi connectivity index (χ4n) is 2.63. The molecule has 1 aliphatic rings. The Bertz CT molecular complexity index is 627. The van der Waals surface area contributed by atoms with Crippen molar-refractivity contribution in [2.24, 2.45) is 0 Å². The van der Waals surface area contributed by atoms with Crippen molar-refractivity contribution < 1.29 is 14.7 Å². The Labute approximate surface area is 143 Å². The molecule has 0 unspecified atom stereocenters. The van der Waals surface area contributed by atoms with E-state index < -0.39 is 0 Å². The molecule has 0 atom stereocenters. The van der Waals surface area contributed by atoms with Crippen molar-refractivity contribution in [3.8, 4) is 0 Å². The molecule has 2 amide bonds. The molecular weight excluding hydrogens is 304 g/mol. The number of piperidine rings is 1. The lowest BCUT2D eigenvalue weighted by molar-refractivity contribution is -0.112. The maximum atomic E-state index is 12.4. The van der Waals surface area contributed by atoms with Crippen molar-refractivity contribution >= 4 is 17.5 Å². The summed E-state index contributed by atoms with van der Waals surface area (Å²) in [5, 5.41) is 12.4. The summed E-state index contributed by atoms with van der Waals surface area (Å²) in [7, 11) is 0. The number of rotatable bonds is 4. The number of carbonyl (C=O) groups excluding carboxylic acids is 2. The van der Waals surface area contributed by atoms with Gasteiger partial charge < -0.3 is 15.3 Å². The van der Waals surface area contributed by atoms with Gasteiger partial charge in [-0.2, -0.15) is 0 Å². The van der Waals surface area contributed by atoms with Crippen molar-refractivity contribution in [3.05, 3.63) is 41.0 Å². The predicted molar refractivity (Wildman–Crippen MR) is 94.9 cm³/mol.